The zero-order valence-corrected chi connectivity index (χ0v) is 17.5. The minimum absolute atomic E-state index is 0.0184. The van der Waals surface area contributed by atoms with Gasteiger partial charge in [-0.05, 0) is 47.5 Å². The predicted octanol–water partition coefficient (Wildman–Crippen LogP) is 5.70. The average Bonchev–Trinajstić information content (AvgIpc) is 3.25. The average molecular weight is 416 g/mol. The van der Waals surface area contributed by atoms with Crippen LogP contribution in [-0.4, -0.2) is 25.9 Å². The fraction of sp³-hybridized carbons (Fsp3) is 0.154. The van der Waals surface area contributed by atoms with Crippen LogP contribution in [0.25, 0.3) is 28.4 Å². The van der Waals surface area contributed by atoms with Crippen molar-refractivity contribution >= 4 is 17.0 Å². The maximum absolute atomic E-state index is 9.04. The van der Waals surface area contributed by atoms with E-state index < -0.39 is 0 Å². The second-order valence-electron chi connectivity index (χ2n) is 6.98. The molecule has 0 aliphatic rings. The molecule has 5 heteroatoms. The highest BCUT2D eigenvalue weighted by Gasteiger charge is 2.14. The zero-order valence-electron chi connectivity index (χ0n) is 17.5. The van der Waals surface area contributed by atoms with Crippen molar-refractivity contribution in [2.24, 2.45) is 0 Å². The van der Waals surface area contributed by atoms with Crippen LogP contribution in [0.1, 0.15) is 11.1 Å². The van der Waals surface area contributed by atoms with E-state index in [4.69, 9.17) is 23.7 Å². The Hall–Kier alpha value is -3.70. The number of benzene rings is 3. The topological polar surface area (TPSA) is 61.1 Å². The molecule has 3 aromatic carbocycles. The summed E-state index contributed by atoms with van der Waals surface area (Å²) >= 11 is 0. The first-order valence-corrected chi connectivity index (χ1v) is 9.96. The lowest BCUT2D eigenvalue weighted by Gasteiger charge is -2.11. The maximum atomic E-state index is 9.04. The number of aliphatic hydroxyl groups excluding tert-OH is 1. The summed E-state index contributed by atoms with van der Waals surface area (Å²) in [6.45, 7) is 0.442. The van der Waals surface area contributed by atoms with Crippen molar-refractivity contribution in [2.45, 2.75) is 6.61 Å². The molecule has 0 spiro atoms. The SMILES string of the molecule is COc1cc(-c2cc3cc(/C=C/CO)cc(OC)c3o2)ccc1OCc1ccccc1. The largest absolute Gasteiger partial charge is 0.493 e. The molecular weight excluding hydrogens is 392 g/mol. The van der Waals surface area contributed by atoms with Gasteiger partial charge in [-0.3, -0.25) is 0 Å². The van der Waals surface area contributed by atoms with Gasteiger partial charge in [0, 0.05) is 10.9 Å². The summed E-state index contributed by atoms with van der Waals surface area (Å²) in [4.78, 5) is 0. The molecule has 4 aromatic rings. The third-order valence-electron chi connectivity index (χ3n) is 4.93. The summed E-state index contributed by atoms with van der Waals surface area (Å²) in [5.41, 5.74) is 3.55. The summed E-state index contributed by atoms with van der Waals surface area (Å²) in [5.74, 6) is 2.63. The molecule has 1 heterocycles. The molecular formula is C26H24O5. The second-order valence-corrected chi connectivity index (χ2v) is 6.98. The second kappa shape index (κ2) is 9.41. The Morgan fingerprint density at radius 3 is 2.42 bits per heavy atom. The van der Waals surface area contributed by atoms with E-state index in [9.17, 15) is 0 Å². The van der Waals surface area contributed by atoms with Gasteiger partial charge >= 0.3 is 0 Å². The van der Waals surface area contributed by atoms with Gasteiger partial charge in [-0.15, -0.1) is 0 Å². The highest BCUT2D eigenvalue weighted by atomic mass is 16.5. The first-order valence-electron chi connectivity index (χ1n) is 9.96. The summed E-state index contributed by atoms with van der Waals surface area (Å²) in [7, 11) is 3.23. The van der Waals surface area contributed by atoms with Crippen molar-refractivity contribution in [1.82, 2.24) is 0 Å². The molecule has 5 nitrogen and oxygen atoms in total. The van der Waals surface area contributed by atoms with E-state index >= 15 is 0 Å². The van der Waals surface area contributed by atoms with Crippen LogP contribution in [0.15, 0.2) is 77.2 Å². The van der Waals surface area contributed by atoms with Crippen molar-refractivity contribution in [2.75, 3.05) is 20.8 Å². The van der Waals surface area contributed by atoms with E-state index in [1.807, 2.05) is 72.8 Å². The molecule has 0 unspecified atom stereocenters. The van der Waals surface area contributed by atoms with Crippen LogP contribution in [0.3, 0.4) is 0 Å². The lowest BCUT2D eigenvalue weighted by molar-refractivity contribution is 0.284. The Labute approximate surface area is 181 Å². The smallest absolute Gasteiger partial charge is 0.176 e. The molecule has 0 aliphatic carbocycles. The van der Waals surface area contributed by atoms with Crippen LogP contribution in [0.4, 0.5) is 0 Å². The summed E-state index contributed by atoms with van der Waals surface area (Å²) in [5, 5.41) is 9.95. The lowest BCUT2D eigenvalue weighted by Crippen LogP contribution is -1.97. The number of aliphatic hydroxyl groups is 1. The van der Waals surface area contributed by atoms with Crippen LogP contribution >= 0.6 is 0 Å². The molecule has 0 amide bonds. The number of methoxy groups -OCH3 is 2. The standard InChI is InChI=1S/C26H24O5/c1-28-24-15-20(10-11-22(24)30-17-18-7-4-3-5-8-18)23-16-21-13-19(9-6-12-27)14-25(29-2)26(21)31-23/h3-11,13-16,27H,12,17H2,1-2H3/b9-6+. The highest BCUT2D eigenvalue weighted by molar-refractivity contribution is 5.89. The number of ether oxygens (including phenoxy) is 3. The van der Waals surface area contributed by atoms with Gasteiger partial charge in [-0.1, -0.05) is 42.5 Å². The van der Waals surface area contributed by atoms with Gasteiger partial charge < -0.3 is 23.7 Å². The zero-order chi connectivity index (χ0) is 21.6. The van der Waals surface area contributed by atoms with Gasteiger partial charge in [0.2, 0.25) is 0 Å². The molecule has 158 valence electrons. The Kier molecular flexibility index (Phi) is 6.24. The summed E-state index contributed by atoms with van der Waals surface area (Å²) in [6.07, 6.45) is 3.52. The van der Waals surface area contributed by atoms with Crippen LogP contribution < -0.4 is 14.2 Å². The van der Waals surface area contributed by atoms with Crippen LogP contribution in [-0.2, 0) is 6.61 Å². The van der Waals surface area contributed by atoms with Crippen molar-refractivity contribution in [3.63, 3.8) is 0 Å². The van der Waals surface area contributed by atoms with E-state index in [0.29, 0.717) is 35.2 Å². The predicted molar refractivity (Wildman–Crippen MR) is 122 cm³/mol. The molecule has 0 saturated heterocycles. The van der Waals surface area contributed by atoms with Gasteiger partial charge in [-0.2, -0.15) is 0 Å². The number of fused-ring (bicyclic) bond motifs is 1. The Bertz CT molecular complexity index is 1190. The van der Waals surface area contributed by atoms with E-state index in [1.54, 1.807) is 20.3 Å². The van der Waals surface area contributed by atoms with Crippen LogP contribution in [0, 0.1) is 0 Å². The van der Waals surface area contributed by atoms with Gasteiger partial charge in [0.1, 0.15) is 12.4 Å². The van der Waals surface area contributed by atoms with Crippen molar-refractivity contribution in [3.05, 3.63) is 83.9 Å². The third-order valence-corrected chi connectivity index (χ3v) is 4.93. The van der Waals surface area contributed by atoms with Gasteiger partial charge in [0.25, 0.3) is 0 Å². The maximum Gasteiger partial charge on any atom is 0.176 e. The van der Waals surface area contributed by atoms with E-state index in [2.05, 4.69) is 0 Å². The summed E-state index contributed by atoms with van der Waals surface area (Å²) in [6, 6.07) is 21.6. The molecule has 1 N–H and O–H groups in total. The number of furan rings is 1. The minimum Gasteiger partial charge on any atom is -0.493 e. The van der Waals surface area contributed by atoms with E-state index in [-0.39, 0.29) is 6.61 Å². The molecule has 1 aromatic heterocycles. The monoisotopic (exact) mass is 416 g/mol. The fourth-order valence-electron chi connectivity index (χ4n) is 3.40. The molecule has 31 heavy (non-hydrogen) atoms. The first kappa shape index (κ1) is 20.6. The molecule has 0 bridgehead atoms. The quantitative estimate of drug-likeness (QED) is 0.399. The summed E-state index contributed by atoms with van der Waals surface area (Å²) < 4.78 is 23.1. The fourth-order valence-corrected chi connectivity index (χ4v) is 3.40. The number of rotatable bonds is 8. The Morgan fingerprint density at radius 1 is 0.871 bits per heavy atom. The Balaban J connectivity index is 1.64. The van der Waals surface area contributed by atoms with E-state index in [0.717, 1.165) is 22.1 Å². The molecule has 4 rings (SSSR count). The van der Waals surface area contributed by atoms with Gasteiger partial charge in [0.15, 0.2) is 22.8 Å². The molecule has 0 radical (unpaired) electrons. The van der Waals surface area contributed by atoms with Crippen molar-refractivity contribution in [3.8, 4) is 28.6 Å². The number of hydrogen-bond acceptors (Lipinski definition) is 5. The number of hydrogen-bond donors (Lipinski definition) is 1. The van der Waals surface area contributed by atoms with Crippen LogP contribution in [0.2, 0.25) is 0 Å². The molecule has 0 saturated carbocycles. The minimum atomic E-state index is -0.0184. The third kappa shape index (κ3) is 4.57. The normalized spacial score (nSPS) is 11.2. The molecule has 0 atom stereocenters. The van der Waals surface area contributed by atoms with Crippen molar-refractivity contribution in [1.29, 1.82) is 0 Å². The molecule has 0 aliphatic heterocycles. The lowest BCUT2D eigenvalue weighted by atomic mass is 10.1. The van der Waals surface area contributed by atoms with Crippen molar-refractivity contribution < 1.29 is 23.7 Å². The first-order chi connectivity index (χ1) is 15.2. The van der Waals surface area contributed by atoms with Gasteiger partial charge in [-0.25, -0.2) is 0 Å². The Morgan fingerprint density at radius 2 is 1.68 bits per heavy atom. The highest BCUT2D eigenvalue weighted by Crippen LogP contribution is 2.38. The van der Waals surface area contributed by atoms with Gasteiger partial charge in [0.05, 0.1) is 20.8 Å². The molecule has 0 fully saturated rings. The van der Waals surface area contributed by atoms with E-state index in [1.165, 1.54) is 0 Å². The van der Waals surface area contributed by atoms with Crippen LogP contribution in [0.5, 0.6) is 17.2 Å².